The number of aliphatic hydroxyl groups is 1. The van der Waals surface area contributed by atoms with Crippen molar-refractivity contribution in [3.63, 3.8) is 0 Å². The van der Waals surface area contributed by atoms with Crippen LogP contribution in [0, 0.1) is 0 Å². The topological polar surface area (TPSA) is 75.6 Å². The van der Waals surface area contributed by atoms with E-state index in [-0.39, 0.29) is 9.79 Å². The lowest BCUT2D eigenvalue weighted by Gasteiger charge is -2.13. The van der Waals surface area contributed by atoms with Crippen LogP contribution in [0.25, 0.3) is 0 Å². The number of benzene rings is 3. The molecule has 1 atom stereocenters. The molecule has 0 unspecified atom stereocenters. The van der Waals surface area contributed by atoms with Crippen LogP contribution in [0.15, 0.2) is 82.6 Å². The van der Waals surface area contributed by atoms with E-state index in [0.29, 0.717) is 30.3 Å². The largest absolute Gasteiger partial charge is 0.497 e. The molecule has 0 aliphatic rings. The van der Waals surface area contributed by atoms with E-state index in [9.17, 15) is 13.5 Å². The highest BCUT2D eigenvalue weighted by Crippen LogP contribution is 2.24. The predicted octanol–water partition coefficient (Wildman–Crippen LogP) is 4.05. The molecule has 0 amide bonds. The molecule has 30 heavy (non-hydrogen) atoms. The smallest absolute Gasteiger partial charge is 0.206 e. The first-order chi connectivity index (χ1) is 14.4. The molecule has 3 rings (SSSR count). The normalized spacial score (nSPS) is 12.5. The fourth-order valence-corrected chi connectivity index (χ4v) is 4.54. The molecule has 3 aromatic carbocycles. The molecule has 0 bridgehead atoms. The van der Waals surface area contributed by atoms with Crippen LogP contribution in [-0.4, -0.2) is 33.7 Å². The van der Waals surface area contributed by atoms with Crippen LogP contribution in [0.4, 0.5) is 0 Å². The molecule has 2 N–H and O–H groups in total. The molecule has 7 heteroatoms. The van der Waals surface area contributed by atoms with Gasteiger partial charge in [-0.25, -0.2) is 8.42 Å². The second-order valence-corrected chi connectivity index (χ2v) is 9.24. The van der Waals surface area contributed by atoms with E-state index in [1.165, 1.54) is 13.2 Å². The second-order valence-electron chi connectivity index (χ2n) is 6.85. The van der Waals surface area contributed by atoms with Gasteiger partial charge in [0.2, 0.25) is 9.84 Å². The van der Waals surface area contributed by atoms with Gasteiger partial charge in [0.1, 0.15) is 5.75 Å². The Morgan fingerprint density at radius 1 is 1.00 bits per heavy atom. The second kappa shape index (κ2) is 10.1. The zero-order valence-corrected chi connectivity index (χ0v) is 18.2. The third-order valence-electron chi connectivity index (χ3n) is 4.75. The van der Waals surface area contributed by atoms with Gasteiger partial charge in [0.15, 0.2) is 0 Å². The molecule has 0 fully saturated rings. The minimum Gasteiger partial charge on any atom is -0.497 e. The highest BCUT2D eigenvalue weighted by molar-refractivity contribution is 7.91. The van der Waals surface area contributed by atoms with Crippen LogP contribution in [0.1, 0.15) is 17.2 Å². The van der Waals surface area contributed by atoms with Crippen LogP contribution in [-0.2, 0) is 16.3 Å². The first kappa shape index (κ1) is 22.3. The maximum Gasteiger partial charge on any atom is 0.206 e. The molecule has 0 aliphatic carbocycles. The van der Waals surface area contributed by atoms with Gasteiger partial charge in [-0.2, -0.15) is 0 Å². The molecule has 3 aromatic rings. The van der Waals surface area contributed by atoms with E-state index in [4.69, 9.17) is 16.3 Å². The third kappa shape index (κ3) is 5.61. The average molecular weight is 446 g/mol. The molecular weight excluding hydrogens is 422 g/mol. The van der Waals surface area contributed by atoms with Crippen LogP contribution in [0.3, 0.4) is 0 Å². The summed E-state index contributed by atoms with van der Waals surface area (Å²) in [5.41, 5.74) is 1.77. The zero-order valence-electron chi connectivity index (χ0n) is 16.6. The van der Waals surface area contributed by atoms with E-state index in [1.54, 1.807) is 42.5 Å². The summed E-state index contributed by atoms with van der Waals surface area (Å²) in [5.74, 6) is 0.499. The fraction of sp³-hybridized carbons (Fsp3) is 0.217. The molecule has 0 saturated heterocycles. The van der Waals surface area contributed by atoms with E-state index in [0.717, 1.165) is 11.1 Å². The first-order valence-electron chi connectivity index (χ1n) is 9.52. The van der Waals surface area contributed by atoms with Gasteiger partial charge < -0.3 is 15.2 Å². The quantitative estimate of drug-likeness (QED) is 0.486. The van der Waals surface area contributed by atoms with Gasteiger partial charge in [0.05, 0.1) is 23.0 Å². The lowest BCUT2D eigenvalue weighted by molar-refractivity contribution is 0.175. The minimum absolute atomic E-state index is 0.200. The van der Waals surface area contributed by atoms with Crippen molar-refractivity contribution in [2.24, 2.45) is 0 Å². The molecule has 0 spiro atoms. The van der Waals surface area contributed by atoms with E-state index in [1.807, 2.05) is 24.3 Å². The van der Waals surface area contributed by atoms with Gasteiger partial charge in [-0.3, -0.25) is 0 Å². The maximum absolute atomic E-state index is 12.8. The summed E-state index contributed by atoms with van der Waals surface area (Å²) in [6.07, 6.45) is 0.0703. The molecular formula is C23H24ClNO4S. The third-order valence-corrected chi connectivity index (χ3v) is 6.75. The van der Waals surface area contributed by atoms with E-state index in [2.05, 4.69) is 5.32 Å². The Labute approximate surface area is 182 Å². The Morgan fingerprint density at radius 2 is 1.73 bits per heavy atom. The predicted molar refractivity (Wildman–Crippen MR) is 118 cm³/mol. The van der Waals surface area contributed by atoms with Crippen LogP contribution in [0.5, 0.6) is 5.75 Å². The van der Waals surface area contributed by atoms with Crippen LogP contribution < -0.4 is 10.1 Å². The summed E-state index contributed by atoms with van der Waals surface area (Å²) in [5, 5.41) is 14.0. The highest BCUT2D eigenvalue weighted by atomic mass is 35.5. The van der Waals surface area contributed by atoms with Crippen molar-refractivity contribution >= 4 is 21.4 Å². The van der Waals surface area contributed by atoms with Crippen molar-refractivity contribution in [2.45, 2.75) is 22.3 Å². The SMILES string of the molecule is COc1cccc(S(=O)(=O)c2ccc(CCNC[C@H](O)c3cccc(Cl)c3)cc2)c1. The Bertz CT molecular complexity index is 1080. The van der Waals surface area contributed by atoms with Gasteiger partial charge in [-0.1, -0.05) is 41.9 Å². The molecule has 0 radical (unpaired) electrons. The van der Waals surface area contributed by atoms with Crippen molar-refractivity contribution in [1.29, 1.82) is 0 Å². The molecule has 0 aromatic heterocycles. The van der Waals surface area contributed by atoms with Crippen LogP contribution >= 0.6 is 11.6 Å². The van der Waals surface area contributed by atoms with Crippen molar-refractivity contribution in [2.75, 3.05) is 20.2 Å². The Balaban J connectivity index is 1.55. The number of methoxy groups -OCH3 is 1. The molecule has 5 nitrogen and oxygen atoms in total. The van der Waals surface area contributed by atoms with Gasteiger partial charge in [-0.05, 0) is 66.6 Å². The van der Waals surface area contributed by atoms with Crippen molar-refractivity contribution in [3.8, 4) is 5.75 Å². The number of halogens is 1. The zero-order chi connectivity index (χ0) is 21.6. The number of rotatable bonds is 9. The Kier molecular flexibility index (Phi) is 7.50. The average Bonchev–Trinajstić information content (AvgIpc) is 2.77. The fourth-order valence-electron chi connectivity index (χ4n) is 3.04. The number of hydrogen-bond acceptors (Lipinski definition) is 5. The lowest BCUT2D eigenvalue weighted by atomic mass is 10.1. The van der Waals surface area contributed by atoms with Gasteiger partial charge in [0, 0.05) is 11.6 Å². The molecule has 0 aliphatic heterocycles. The standard InChI is InChI=1S/C23H24ClNO4S/c1-29-20-6-3-7-22(15-20)30(27,28)21-10-8-17(9-11-21)12-13-25-16-23(26)18-4-2-5-19(24)14-18/h2-11,14-15,23,25-26H,12-13,16H2,1H3/t23-/m0/s1. The molecule has 0 saturated carbocycles. The Morgan fingerprint density at radius 3 is 2.43 bits per heavy atom. The van der Waals surface area contributed by atoms with Gasteiger partial charge >= 0.3 is 0 Å². The Hall–Kier alpha value is -2.38. The maximum atomic E-state index is 12.8. The van der Waals surface area contributed by atoms with E-state index < -0.39 is 15.9 Å². The molecule has 0 heterocycles. The summed E-state index contributed by atoms with van der Waals surface area (Å²) in [6.45, 7) is 1.06. The number of ether oxygens (including phenoxy) is 1. The summed E-state index contributed by atoms with van der Waals surface area (Å²) in [7, 11) is -2.10. The van der Waals surface area contributed by atoms with Gasteiger partial charge in [0.25, 0.3) is 0 Å². The van der Waals surface area contributed by atoms with Crippen molar-refractivity contribution in [3.05, 3.63) is 88.9 Å². The van der Waals surface area contributed by atoms with Crippen molar-refractivity contribution < 1.29 is 18.3 Å². The van der Waals surface area contributed by atoms with Crippen molar-refractivity contribution in [1.82, 2.24) is 5.32 Å². The number of nitrogens with one attached hydrogen (secondary N) is 1. The molecule has 158 valence electrons. The van der Waals surface area contributed by atoms with Crippen LogP contribution in [0.2, 0.25) is 5.02 Å². The summed E-state index contributed by atoms with van der Waals surface area (Å²) >= 11 is 5.95. The summed E-state index contributed by atoms with van der Waals surface area (Å²) in [6, 6.07) is 20.4. The van der Waals surface area contributed by atoms with Gasteiger partial charge in [-0.15, -0.1) is 0 Å². The monoisotopic (exact) mass is 445 g/mol. The highest BCUT2D eigenvalue weighted by Gasteiger charge is 2.18. The number of hydrogen-bond donors (Lipinski definition) is 2. The minimum atomic E-state index is -3.60. The number of sulfone groups is 1. The lowest BCUT2D eigenvalue weighted by Crippen LogP contribution is -2.23. The first-order valence-corrected chi connectivity index (χ1v) is 11.4. The summed E-state index contributed by atoms with van der Waals surface area (Å²) in [4.78, 5) is 0.440. The number of aliphatic hydroxyl groups excluding tert-OH is 1. The van der Waals surface area contributed by atoms with E-state index >= 15 is 0 Å². The summed E-state index contributed by atoms with van der Waals surface area (Å²) < 4.78 is 30.7.